The van der Waals surface area contributed by atoms with E-state index in [1.54, 1.807) is 0 Å². The molecule has 0 aliphatic rings. The van der Waals surface area contributed by atoms with Crippen molar-refractivity contribution in [3.8, 4) is 0 Å². The quantitative estimate of drug-likeness (QED) is 0.741. The summed E-state index contributed by atoms with van der Waals surface area (Å²) in [7, 11) is 0. The number of carbonyl (C=O) groups is 1. The fourth-order valence-corrected chi connectivity index (χ4v) is 2.56. The van der Waals surface area contributed by atoms with Gasteiger partial charge in [0.05, 0.1) is 5.56 Å². The highest BCUT2D eigenvalue weighted by molar-refractivity contribution is 14.1. The van der Waals surface area contributed by atoms with Crippen LogP contribution in [-0.4, -0.2) is 37.0 Å². The van der Waals surface area contributed by atoms with E-state index < -0.39 is 0 Å². The summed E-state index contributed by atoms with van der Waals surface area (Å²) in [5, 5.41) is 2.87. The molecule has 106 valence electrons. The zero-order valence-electron chi connectivity index (χ0n) is 11.4. The van der Waals surface area contributed by atoms with Gasteiger partial charge >= 0.3 is 0 Å². The fraction of sp³-hybridized carbons (Fsp3) is 0.500. The largest absolute Gasteiger partial charge is 0.351 e. The molecule has 1 aromatic rings. The van der Waals surface area contributed by atoms with E-state index in [4.69, 9.17) is 0 Å². The standard InChI is InChI=1S/C14H20FIN2O/c1-3-8-18(4-2)9-7-17-14(19)12-6-5-11(15)10-13(12)16/h5-6,10H,3-4,7-9H2,1-2H3,(H,17,19). The number of nitrogens with one attached hydrogen (secondary N) is 1. The van der Waals surface area contributed by atoms with Crippen molar-refractivity contribution in [2.75, 3.05) is 26.2 Å². The van der Waals surface area contributed by atoms with Gasteiger partial charge in [-0.25, -0.2) is 4.39 Å². The van der Waals surface area contributed by atoms with Crippen LogP contribution in [0.15, 0.2) is 18.2 Å². The van der Waals surface area contributed by atoms with Gasteiger partial charge in [0.15, 0.2) is 0 Å². The number of carbonyl (C=O) groups excluding carboxylic acids is 1. The van der Waals surface area contributed by atoms with Gasteiger partial charge in [0.1, 0.15) is 5.82 Å². The molecule has 0 aliphatic carbocycles. The summed E-state index contributed by atoms with van der Waals surface area (Å²) in [5.74, 6) is -0.460. The van der Waals surface area contributed by atoms with Gasteiger partial charge in [0.2, 0.25) is 0 Å². The van der Waals surface area contributed by atoms with Crippen LogP contribution in [0.25, 0.3) is 0 Å². The Kier molecular flexibility index (Phi) is 7.30. The van der Waals surface area contributed by atoms with Crippen LogP contribution in [0.2, 0.25) is 0 Å². The maximum absolute atomic E-state index is 13.0. The minimum absolute atomic E-state index is 0.142. The molecule has 1 aromatic carbocycles. The molecule has 1 rings (SSSR count). The predicted molar refractivity (Wildman–Crippen MR) is 83.9 cm³/mol. The summed E-state index contributed by atoms with van der Waals surface area (Å²) in [6.45, 7) is 7.73. The van der Waals surface area contributed by atoms with Gasteiger partial charge in [-0.3, -0.25) is 4.79 Å². The van der Waals surface area contributed by atoms with Crippen molar-refractivity contribution >= 4 is 28.5 Å². The Morgan fingerprint density at radius 3 is 2.68 bits per heavy atom. The van der Waals surface area contributed by atoms with Crippen molar-refractivity contribution in [3.63, 3.8) is 0 Å². The number of halogens is 2. The van der Waals surface area contributed by atoms with E-state index in [0.29, 0.717) is 15.7 Å². The molecule has 5 heteroatoms. The Labute approximate surface area is 127 Å². The van der Waals surface area contributed by atoms with E-state index in [1.165, 1.54) is 18.2 Å². The molecular weight excluding hydrogens is 358 g/mol. The van der Waals surface area contributed by atoms with Crippen molar-refractivity contribution in [2.45, 2.75) is 20.3 Å². The lowest BCUT2D eigenvalue weighted by atomic mass is 10.2. The molecule has 0 spiro atoms. The highest BCUT2D eigenvalue weighted by Crippen LogP contribution is 2.13. The smallest absolute Gasteiger partial charge is 0.252 e. The van der Waals surface area contributed by atoms with Crippen molar-refractivity contribution in [1.29, 1.82) is 0 Å². The zero-order chi connectivity index (χ0) is 14.3. The van der Waals surface area contributed by atoms with E-state index in [0.717, 1.165) is 26.1 Å². The molecule has 0 bridgehead atoms. The lowest BCUT2D eigenvalue weighted by molar-refractivity contribution is 0.0947. The monoisotopic (exact) mass is 378 g/mol. The van der Waals surface area contributed by atoms with Gasteiger partial charge in [0.25, 0.3) is 5.91 Å². The summed E-state index contributed by atoms with van der Waals surface area (Å²) in [4.78, 5) is 14.2. The third-order valence-electron chi connectivity index (χ3n) is 2.88. The van der Waals surface area contributed by atoms with Gasteiger partial charge in [-0.2, -0.15) is 0 Å². The molecule has 0 saturated heterocycles. The van der Waals surface area contributed by atoms with Gasteiger partial charge in [-0.05, 0) is 60.3 Å². The summed E-state index contributed by atoms with van der Waals surface area (Å²) >= 11 is 1.98. The topological polar surface area (TPSA) is 32.3 Å². The molecule has 0 atom stereocenters. The first-order valence-corrected chi connectivity index (χ1v) is 7.62. The number of benzene rings is 1. The molecule has 0 heterocycles. The molecule has 0 radical (unpaired) electrons. The van der Waals surface area contributed by atoms with E-state index in [1.807, 2.05) is 22.6 Å². The van der Waals surface area contributed by atoms with Crippen molar-refractivity contribution < 1.29 is 9.18 Å². The normalized spacial score (nSPS) is 10.8. The third-order valence-corrected chi connectivity index (χ3v) is 3.77. The molecule has 1 amide bonds. The predicted octanol–water partition coefficient (Wildman–Crippen LogP) is 2.89. The van der Waals surface area contributed by atoms with Gasteiger partial charge in [-0.15, -0.1) is 0 Å². The summed E-state index contributed by atoms with van der Waals surface area (Å²) in [5.41, 5.74) is 0.528. The number of hydrogen-bond acceptors (Lipinski definition) is 2. The first-order chi connectivity index (χ1) is 9.08. The fourth-order valence-electron chi connectivity index (χ4n) is 1.84. The Morgan fingerprint density at radius 2 is 2.11 bits per heavy atom. The Bertz CT molecular complexity index is 426. The highest BCUT2D eigenvalue weighted by Gasteiger charge is 2.10. The third kappa shape index (κ3) is 5.44. The number of hydrogen-bond donors (Lipinski definition) is 1. The van der Waals surface area contributed by atoms with Gasteiger partial charge in [0, 0.05) is 16.7 Å². The molecule has 0 unspecified atom stereocenters. The van der Waals surface area contributed by atoms with Crippen LogP contribution in [0.3, 0.4) is 0 Å². The van der Waals surface area contributed by atoms with Crippen LogP contribution >= 0.6 is 22.6 Å². The second-order valence-electron chi connectivity index (χ2n) is 4.31. The summed E-state index contributed by atoms with van der Waals surface area (Å²) in [6.07, 6.45) is 1.11. The average molecular weight is 378 g/mol. The summed E-state index contributed by atoms with van der Waals surface area (Å²) < 4.78 is 13.6. The number of amides is 1. The number of nitrogens with zero attached hydrogens (tertiary/aromatic N) is 1. The second kappa shape index (κ2) is 8.47. The summed E-state index contributed by atoms with van der Waals surface area (Å²) in [6, 6.07) is 4.20. The first kappa shape index (κ1) is 16.4. The Hall–Kier alpha value is -0.690. The van der Waals surface area contributed by atoms with E-state index >= 15 is 0 Å². The average Bonchev–Trinajstić information content (AvgIpc) is 2.37. The maximum atomic E-state index is 13.0. The second-order valence-corrected chi connectivity index (χ2v) is 5.48. The van der Waals surface area contributed by atoms with Crippen LogP contribution in [0.5, 0.6) is 0 Å². The van der Waals surface area contributed by atoms with Crippen molar-refractivity contribution in [3.05, 3.63) is 33.1 Å². The van der Waals surface area contributed by atoms with Crippen LogP contribution in [0.1, 0.15) is 30.6 Å². The Balaban J connectivity index is 2.47. The van der Waals surface area contributed by atoms with Crippen LogP contribution in [0.4, 0.5) is 4.39 Å². The maximum Gasteiger partial charge on any atom is 0.252 e. The number of likely N-dealkylation sites (N-methyl/N-ethyl adjacent to an activating group) is 1. The number of rotatable bonds is 7. The lowest BCUT2D eigenvalue weighted by Crippen LogP contribution is -2.35. The van der Waals surface area contributed by atoms with Crippen LogP contribution in [-0.2, 0) is 0 Å². The molecule has 3 nitrogen and oxygen atoms in total. The van der Waals surface area contributed by atoms with Gasteiger partial charge < -0.3 is 10.2 Å². The molecule has 0 saturated carbocycles. The minimum Gasteiger partial charge on any atom is -0.351 e. The molecule has 0 fully saturated rings. The van der Waals surface area contributed by atoms with E-state index in [2.05, 4.69) is 24.1 Å². The van der Waals surface area contributed by atoms with Crippen molar-refractivity contribution in [2.24, 2.45) is 0 Å². The van der Waals surface area contributed by atoms with Crippen molar-refractivity contribution in [1.82, 2.24) is 10.2 Å². The van der Waals surface area contributed by atoms with E-state index in [-0.39, 0.29) is 11.7 Å². The minimum atomic E-state index is -0.318. The van der Waals surface area contributed by atoms with E-state index in [9.17, 15) is 9.18 Å². The first-order valence-electron chi connectivity index (χ1n) is 6.54. The SMILES string of the molecule is CCCN(CC)CCNC(=O)c1ccc(F)cc1I. The molecule has 1 N–H and O–H groups in total. The molecule has 0 aliphatic heterocycles. The van der Waals surface area contributed by atoms with Crippen LogP contribution < -0.4 is 5.32 Å². The molecule has 0 aromatic heterocycles. The zero-order valence-corrected chi connectivity index (χ0v) is 13.5. The Morgan fingerprint density at radius 1 is 1.37 bits per heavy atom. The molecular formula is C14H20FIN2O. The molecule has 19 heavy (non-hydrogen) atoms. The van der Waals surface area contributed by atoms with Gasteiger partial charge in [-0.1, -0.05) is 13.8 Å². The van der Waals surface area contributed by atoms with Crippen LogP contribution in [0, 0.1) is 9.39 Å². The lowest BCUT2D eigenvalue weighted by Gasteiger charge is -2.19. The highest BCUT2D eigenvalue weighted by atomic mass is 127.